The maximum absolute atomic E-state index is 5.98. The minimum atomic E-state index is 0.447. The van der Waals surface area contributed by atoms with Gasteiger partial charge in [-0.15, -0.1) is 0 Å². The van der Waals surface area contributed by atoms with E-state index in [1.54, 1.807) is 0 Å². The third-order valence-corrected chi connectivity index (χ3v) is 2.59. The molecular formula is C12H17N3. The fourth-order valence-electron chi connectivity index (χ4n) is 1.81. The SMILES string of the molecule is CC(C)N1CC=C(N)N1c1ccccc1. The van der Waals surface area contributed by atoms with Crippen LogP contribution in [0.3, 0.4) is 0 Å². The van der Waals surface area contributed by atoms with Crippen molar-refractivity contribution in [1.29, 1.82) is 0 Å². The molecular weight excluding hydrogens is 186 g/mol. The molecule has 3 nitrogen and oxygen atoms in total. The Morgan fingerprint density at radius 2 is 1.87 bits per heavy atom. The minimum absolute atomic E-state index is 0.447. The number of anilines is 1. The van der Waals surface area contributed by atoms with E-state index in [-0.39, 0.29) is 0 Å². The van der Waals surface area contributed by atoms with Crippen molar-refractivity contribution in [1.82, 2.24) is 5.01 Å². The number of nitrogens with two attached hydrogens (primary N) is 1. The number of rotatable bonds is 2. The fraction of sp³-hybridized carbons (Fsp3) is 0.333. The highest BCUT2D eigenvalue weighted by atomic mass is 15.7. The molecule has 3 heteroatoms. The number of para-hydroxylation sites is 1. The molecule has 1 aliphatic rings. The van der Waals surface area contributed by atoms with E-state index in [1.807, 2.05) is 24.3 Å². The Morgan fingerprint density at radius 3 is 2.47 bits per heavy atom. The van der Waals surface area contributed by atoms with Crippen LogP contribution >= 0.6 is 0 Å². The van der Waals surface area contributed by atoms with Gasteiger partial charge in [-0.2, -0.15) is 0 Å². The highest BCUT2D eigenvalue weighted by molar-refractivity contribution is 5.51. The zero-order valence-electron chi connectivity index (χ0n) is 9.22. The summed E-state index contributed by atoms with van der Waals surface area (Å²) in [6.45, 7) is 5.23. The van der Waals surface area contributed by atoms with Crippen LogP contribution in [-0.2, 0) is 0 Å². The standard InChI is InChI=1S/C12H17N3/c1-10(2)14-9-8-12(13)15(14)11-6-4-3-5-7-11/h3-8,10H,9,13H2,1-2H3. The largest absolute Gasteiger partial charge is 0.384 e. The maximum atomic E-state index is 5.98. The molecule has 0 radical (unpaired) electrons. The van der Waals surface area contributed by atoms with Gasteiger partial charge in [-0.05, 0) is 32.1 Å². The summed E-state index contributed by atoms with van der Waals surface area (Å²) in [6, 6.07) is 10.7. The van der Waals surface area contributed by atoms with E-state index >= 15 is 0 Å². The second-order valence-electron chi connectivity index (χ2n) is 3.99. The Balaban J connectivity index is 2.30. The molecule has 0 saturated carbocycles. The molecule has 0 aliphatic carbocycles. The predicted octanol–water partition coefficient (Wildman–Crippen LogP) is 1.93. The Labute approximate surface area is 90.8 Å². The summed E-state index contributed by atoms with van der Waals surface area (Å²) < 4.78 is 0. The summed E-state index contributed by atoms with van der Waals surface area (Å²) >= 11 is 0. The number of nitrogens with zero attached hydrogens (tertiary/aromatic N) is 2. The van der Waals surface area contributed by atoms with Crippen LogP contribution in [0.1, 0.15) is 13.8 Å². The topological polar surface area (TPSA) is 32.5 Å². The minimum Gasteiger partial charge on any atom is -0.384 e. The van der Waals surface area contributed by atoms with E-state index < -0.39 is 0 Å². The molecule has 0 bridgehead atoms. The normalized spacial score (nSPS) is 17.3. The zero-order chi connectivity index (χ0) is 10.8. The van der Waals surface area contributed by atoms with Crippen LogP contribution < -0.4 is 10.7 Å². The lowest BCUT2D eigenvalue weighted by atomic mass is 10.3. The molecule has 0 fully saturated rings. The van der Waals surface area contributed by atoms with Gasteiger partial charge in [-0.3, -0.25) is 5.01 Å². The quantitative estimate of drug-likeness (QED) is 0.797. The summed E-state index contributed by atoms with van der Waals surface area (Å²) in [4.78, 5) is 0. The Hall–Kier alpha value is -1.48. The smallest absolute Gasteiger partial charge is 0.116 e. The molecule has 0 unspecified atom stereocenters. The van der Waals surface area contributed by atoms with E-state index in [4.69, 9.17) is 5.73 Å². The lowest BCUT2D eigenvalue weighted by molar-refractivity contribution is 0.257. The molecule has 15 heavy (non-hydrogen) atoms. The van der Waals surface area contributed by atoms with Gasteiger partial charge in [-0.1, -0.05) is 18.2 Å². The van der Waals surface area contributed by atoms with Crippen molar-refractivity contribution in [3.8, 4) is 0 Å². The van der Waals surface area contributed by atoms with Crippen molar-refractivity contribution in [2.75, 3.05) is 11.6 Å². The number of hydrogen-bond donors (Lipinski definition) is 1. The second-order valence-corrected chi connectivity index (χ2v) is 3.99. The van der Waals surface area contributed by atoms with E-state index in [1.165, 1.54) is 0 Å². The van der Waals surface area contributed by atoms with Crippen molar-refractivity contribution < 1.29 is 0 Å². The van der Waals surface area contributed by atoms with Crippen molar-refractivity contribution in [3.63, 3.8) is 0 Å². The maximum Gasteiger partial charge on any atom is 0.116 e. The highest BCUT2D eigenvalue weighted by Crippen LogP contribution is 2.24. The lowest BCUT2D eigenvalue weighted by Crippen LogP contribution is -2.43. The van der Waals surface area contributed by atoms with Gasteiger partial charge in [0.25, 0.3) is 0 Å². The summed E-state index contributed by atoms with van der Waals surface area (Å²) in [6.07, 6.45) is 2.05. The average molecular weight is 203 g/mol. The van der Waals surface area contributed by atoms with E-state index in [0.29, 0.717) is 6.04 Å². The van der Waals surface area contributed by atoms with E-state index in [0.717, 1.165) is 18.1 Å². The van der Waals surface area contributed by atoms with Crippen molar-refractivity contribution in [3.05, 3.63) is 42.2 Å². The van der Waals surface area contributed by atoms with Crippen LogP contribution in [0.4, 0.5) is 5.69 Å². The first-order valence-corrected chi connectivity index (χ1v) is 5.27. The van der Waals surface area contributed by atoms with E-state index in [2.05, 4.69) is 36.0 Å². The van der Waals surface area contributed by atoms with Gasteiger partial charge >= 0.3 is 0 Å². The van der Waals surface area contributed by atoms with Gasteiger partial charge in [0.2, 0.25) is 0 Å². The van der Waals surface area contributed by atoms with E-state index in [9.17, 15) is 0 Å². The Kier molecular flexibility index (Phi) is 2.64. The highest BCUT2D eigenvalue weighted by Gasteiger charge is 2.25. The van der Waals surface area contributed by atoms with Crippen LogP contribution in [0, 0.1) is 0 Å². The molecule has 1 aromatic carbocycles. The first kappa shape index (κ1) is 10.1. The molecule has 0 spiro atoms. The summed E-state index contributed by atoms with van der Waals surface area (Å²) in [7, 11) is 0. The Morgan fingerprint density at radius 1 is 1.20 bits per heavy atom. The predicted molar refractivity (Wildman–Crippen MR) is 63.0 cm³/mol. The van der Waals surface area contributed by atoms with Crippen LogP contribution in [0.2, 0.25) is 0 Å². The van der Waals surface area contributed by atoms with Crippen molar-refractivity contribution >= 4 is 5.69 Å². The molecule has 1 aromatic rings. The Bertz CT molecular complexity index is 356. The summed E-state index contributed by atoms with van der Waals surface area (Å²) in [5, 5.41) is 4.31. The third kappa shape index (κ3) is 1.83. The van der Waals surface area contributed by atoms with Gasteiger partial charge in [0.15, 0.2) is 0 Å². The summed E-state index contributed by atoms with van der Waals surface area (Å²) in [5.41, 5.74) is 7.11. The number of hydrazine groups is 1. The van der Waals surface area contributed by atoms with Gasteiger partial charge in [-0.25, -0.2) is 5.01 Å². The molecule has 0 aromatic heterocycles. The van der Waals surface area contributed by atoms with Crippen LogP contribution in [0.15, 0.2) is 42.2 Å². The first-order chi connectivity index (χ1) is 7.20. The van der Waals surface area contributed by atoms with Gasteiger partial charge in [0.1, 0.15) is 5.82 Å². The van der Waals surface area contributed by atoms with Crippen LogP contribution in [0.25, 0.3) is 0 Å². The van der Waals surface area contributed by atoms with Gasteiger partial charge < -0.3 is 5.73 Å². The number of benzene rings is 1. The average Bonchev–Trinajstić information content (AvgIpc) is 2.61. The second kappa shape index (κ2) is 3.95. The molecule has 80 valence electrons. The number of hydrogen-bond acceptors (Lipinski definition) is 3. The van der Waals surface area contributed by atoms with Gasteiger partial charge in [0.05, 0.1) is 5.69 Å². The van der Waals surface area contributed by atoms with Crippen molar-refractivity contribution in [2.24, 2.45) is 5.73 Å². The van der Waals surface area contributed by atoms with Crippen LogP contribution in [0.5, 0.6) is 0 Å². The molecule has 0 amide bonds. The van der Waals surface area contributed by atoms with Gasteiger partial charge in [0, 0.05) is 12.6 Å². The zero-order valence-corrected chi connectivity index (χ0v) is 9.22. The molecule has 2 rings (SSSR count). The monoisotopic (exact) mass is 203 g/mol. The molecule has 2 N–H and O–H groups in total. The fourth-order valence-corrected chi connectivity index (χ4v) is 1.81. The first-order valence-electron chi connectivity index (χ1n) is 5.27. The lowest BCUT2D eigenvalue weighted by Gasteiger charge is -2.33. The molecule has 0 atom stereocenters. The molecule has 1 aliphatic heterocycles. The third-order valence-electron chi connectivity index (χ3n) is 2.59. The van der Waals surface area contributed by atoms with Crippen LogP contribution in [-0.4, -0.2) is 17.6 Å². The summed E-state index contributed by atoms with van der Waals surface area (Å²) in [5.74, 6) is 0.815. The molecule has 1 heterocycles. The molecule has 0 saturated heterocycles. The van der Waals surface area contributed by atoms with Crippen molar-refractivity contribution in [2.45, 2.75) is 19.9 Å².